The van der Waals surface area contributed by atoms with Gasteiger partial charge in [0.15, 0.2) is 5.13 Å². The average molecular weight is 393 g/mol. The number of aromatic nitrogens is 1. The van der Waals surface area contributed by atoms with E-state index in [1.165, 1.54) is 17.0 Å². The first-order chi connectivity index (χ1) is 12.7. The molecule has 0 saturated carbocycles. The predicted octanol–water partition coefficient (Wildman–Crippen LogP) is 3.53. The summed E-state index contributed by atoms with van der Waals surface area (Å²) in [6.07, 6.45) is -3.66. The third-order valence-electron chi connectivity index (χ3n) is 4.32. The van der Waals surface area contributed by atoms with Gasteiger partial charge >= 0.3 is 6.18 Å². The zero-order valence-corrected chi connectivity index (χ0v) is 15.7. The van der Waals surface area contributed by atoms with Crippen molar-refractivity contribution < 1.29 is 18.0 Å². The van der Waals surface area contributed by atoms with Crippen LogP contribution in [0.2, 0.25) is 0 Å². The average Bonchev–Trinajstić information content (AvgIpc) is 3.19. The standard InChI is InChI=1S/C19H18F3N3OS/c1-12-13(2)27-18(23-12)25-9-8-16(11-25)24-17(26)7-6-14-4-3-5-15(10-14)19(20,21)22/h3-5,10,16H,8-9,11H2,1-2H3,(H,24,26). The van der Waals surface area contributed by atoms with Crippen LogP contribution in [0.15, 0.2) is 24.3 Å². The van der Waals surface area contributed by atoms with Crippen LogP contribution >= 0.6 is 11.3 Å². The Labute approximate surface area is 159 Å². The summed E-state index contributed by atoms with van der Waals surface area (Å²) in [6.45, 7) is 5.42. The van der Waals surface area contributed by atoms with Gasteiger partial charge < -0.3 is 10.2 Å². The van der Waals surface area contributed by atoms with E-state index in [1.807, 2.05) is 13.8 Å². The van der Waals surface area contributed by atoms with Crippen molar-refractivity contribution in [3.8, 4) is 11.8 Å². The molecule has 1 aromatic heterocycles. The van der Waals surface area contributed by atoms with E-state index in [9.17, 15) is 18.0 Å². The highest BCUT2D eigenvalue weighted by Crippen LogP contribution is 2.29. The fourth-order valence-corrected chi connectivity index (χ4v) is 3.71. The molecule has 1 amide bonds. The lowest BCUT2D eigenvalue weighted by Gasteiger charge is -2.14. The number of rotatable bonds is 2. The van der Waals surface area contributed by atoms with Gasteiger partial charge in [-0.1, -0.05) is 12.0 Å². The Morgan fingerprint density at radius 1 is 1.37 bits per heavy atom. The second kappa shape index (κ2) is 7.61. The van der Waals surface area contributed by atoms with Crippen molar-refractivity contribution in [1.82, 2.24) is 10.3 Å². The van der Waals surface area contributed by atoms with Gasteiger partial charge in [0.05, 0.1) is 11.3 Å². The SMILES string of the molecule is Cc1nc(N2CCC(NC(=O)C#Cc3cccc(C(F)(F)F)c3)C2)sc1C. The van der Waals surface area contributed by atoms with Gasteiger partial charge in [-0.15, -0.1) is 11.3 Å². The van der Waals surface area contributed by atoms with Crippen molar-refractivity contribution in [2.24, 2.45) is 0 Å². The molecule has 2 aromatic rings. The Bertz CT molecular complexity index is 891. The van der Waals surface area contributed by atoms with Crippen LogP contribution < -0.4 is 10.2 Å². The number of alkyl halides is 3. The Hall–Kier alpha value is -2.53. The Balaban J connectivity index is 1.59. The van der Waals surface area contributed by atoms with E-state index in [0.717, 1.165) is 35.9 Å². The third kappa shape index (κ3) is 4.80. The zero-order valence-electron chi connectivity index (χ0n) is 14.9. The van der Waals surface area contributed by atoms with Crippen LogP contribution in [0.3, 0.4) is 0 Å². The first-order valence-corrected chi connectivity index (χ1v) is 9.23. The van der Waals surface area contributed by atoms with Crippen LogP contribution in [0.4, 0.5) is 18.3 Å². The molecule has 1 aromatic carbocycles. The Morgan fingerprint density at radius 3 is 2.81 bits per heavy atom. The number of aryl methyl sites for hydroxylation is 2. The summed E-state index contributed by atoms with van der Waals surface area (Å²) in [5.41, 5.74) is 0.381. The second-order valence-electron chi connectivity index (χ2n) is 6.37. The van der Waals surface area contributed by atoms with Crippen molar-refractivity contribution in [3.05, 3.63) is 46.0 Å². The number of benzene rings is 1. The van der Waals surface area contributed by atoms with Crippen molar-refractivity contribution in [2.45, 2.75) is 32.5 Å². The maximum Gasteiger partial charge on any atom is 0.416 e. The molecular weight excluding hydrogens is 375 g/mol. The molecular formula is C19H18F3N3OS. The fourth-order valence-electron chi connectivity index (χ4n) is 2.77. The van der Waals surface area contributed by atoms with Gasteiger partial charge in [0.25, 0.3) is 5.91 Å². The molecule has 2 heterocycles. The lowest BCUT2D eigenvalue weighted by Crippen LogP contribution is -2.36. The molecule has 1 atom stereocenters. The molecule has 27 heavy (non-hydrogen) atoms. The summed E-state index contributed by atoms with van der Waals surface area (Å²) in [4.78, 5) is 19.8. The van der Waals surface area contributed by atoms with Crippen LogP contribution in [0, 0.1) is 25.7 Å². The number of nitrogens with one attached hydrogen (secondary N) is 1. The first kappa shape index (κ1) is 19.2. The summed E-state index contributed by atoms with van der Waals surface area (Å²) < 4.78 is 38.1. The lowest BCUT2D eigenvalue weighted by molar-refractivity contribution is -0.137. The minimum absolute atomic E-state index is 0.0576. The van der Waals surface area contributed by atoms with E-state index in [-0.39, 0.29) is 11.6 Å². The van der Waals surface area contributed by atoms with E-state index < -0.39 is 17.6 Å². The molecule has 4 nitrogen and oxygen atoms in total. The monoisotopic (exact) mass is 393 g/mol. The quantitative estimate of drug-likeness (QED) is 0.794. The molecule has 3 rings (SSSR count). The van der Waals surface area contributed by atoms with E-state index in [1.54, 1.807) is 11.3 Å². The van der Waals surface area contributed by atoms with Crippen LogP contribution in [-0.4, -0.2) is 30.0 Å². The highest BCUT2D eigenvalue weighted by molar-refractivity contribution is 7.15. The largest absolute Gasteiger partial charge is 0.416 e. The van der Waals surface area contributed by atoms with Crippen LogP contribution in [0.25, 0.3) is 0 Å². The molecule has 0 spiro atoms. The molecule has 0 radical (unpaired) electrons. The molecule has 1 unspecified atom stereocenters. The fraction of sp³-hybridized carbons (Fsp3) is 0.368. The summed E-state index contributed by atoms with van der Waals surface area (Å²) in [6, 6.07) is 4.57. The zero-order chi connectivity index (χ0) is 19.6. The van der Waals surface area contributed by atoms with Crippen LogP contribution in [0.1, 0.15) is 28.1 Å². The van der Waals surface area contributed by atoms with Crippen LogP contribution in [-0.2, 0) is 11.0 Å². The molecule has 142 valence electrons. The van der Waals surface area contributed by atoms with Gasteiger partial charge in [-0.3, -0.25) is 4.79 Å². The van der Waals surface area contributed by atoms with E-state index in [4.69, 9.17) is 0 Å². The number of halogens is 3. The van der Waals surface area contributed by atoms with Crippen molar-refractivity contribution in [3.63, 3.8) is 0 Å². The highest BCUT2D eigenvalue weighted by atomic mass is 32.1. The highest BCUT2D eigenvalue weighted by Gasteiger charge is 2.30. The van der Waals surface area contributed by atoms with Gasteiger partial charge in [-0.2, -0.15) is 13.2 Å². The number of anilines is 1. The third-order valence-corrected chi connectivity index (χ3v) is 5.46. The predicted molar refractivity (Wildman–Crippen MR) is 98.7 cm³/mol. The van der Waals surface area contributed by atoms with Gasteiger partial charge in [0, 0.05) is 35.5 Å². The Morgan fingerprint density at radius 2 is 2.15 bits per heavy atom. The molecule has 8 heteroatoms. The molecule has 1 aliphatic rings. The van der Waals surface area contributed by atoms with Gasteiger partial charge in [0.1, 0.15) is 0 Å². The number of amides is 1. The van der Waals surface area contributed by atoms with Gasteiger partial charge in [-0.25, -0.2) is 4.98 Å². The minimum atomic E-state index is -4.43. The molecule has 1 fully saturated rings. The van der Waals surface area contributed by atoms with E-state index >= 15 is 0 Å². The summed E-state index contributed by atoms with van der Waals surface area (Å²) in [5.74, 6) is 4.38. The maximum absolute atomic E-state index is 12.7. The molecule has 1 N–H and O–H groups in total. The molecule has 1 aliphatic heterocycles. The topological polar surface area (TPSA) is 45.2 Å². The van der Waals surface area contributed by atoms with Crippen molar-refractivity contribution in [1.29, 1.82) is 0 Å². The first-order valence-electron chi connectivity index (χ1n) is 8.41. The maximum atomic E-state index is 12.7. The number of carbonyl (C=O) groups excluding carboxylic acids is 1. The number of carbonyl (C=O) groups is 1. The lowest BCUT2D eigenvalue weighted by atomic mass is 10.1. The second-order valence-corrected chi connectivity index (χ2v) is 7.55. The smallest absolute Gasteiger partial charge is 0.346 e. The normalized spacial score (nSPS) is 16.8. The van der Waals surface area contributed by atoms with Gasteiger partial charge in [-0.05, 0) is 38.5 Å². The number of thiazole rings is 1. The summed E-state index contributed by atoms with van der Waals surface area (Å²) in [5, 5.41) is 3.76. The summed E-state index contributed by atoms with van der Waals surface area (Å²) >= 11 is 1.63. The van der Waals surface area contributed by atoms with Crippen molar-refractivity contribution >= 4 is 22.4 Å². The number of hydrogen-bond donors (Lipinski definition) is 1. The molecule has 1 saturated heterocycles. The van der Waals surface area contributed by atoms with Crippen molar-refractivity contribution in [2.75, 3.05) is 18.0 Å². The number of nitrogens with zero attached hydrogens (tertiary/aromatic N) is 2. The molecule has 0 aliphatic carbocycles. The van der Waals surface area contributed by atoms with E-state index in [0.29, 0.717) is 6.54 Å². The Kier molecular flexibility index (Phi) is 5.42. The minimum Gasteiger partial charge on any atom is -0.346 e. The number of hydrogen-bond acceptors (Lipinski definition) is 4. The van der Waals surface area contributed by atoms with E-state index in [2.05, 4.69) is 27.0 Å². The van der Waals surface area contributed by atoms with Gasteiger partial charge in [0.2, 0.25) is 0 Å². The summed E-state index contributed by atoms with van der Waals surface area (Å²) in [7, 11) is 0. The van der Waals surface area contributed by atoms with Crippen LogP contribution in [0.5, 0.6) is 0 Å². The molecule has 0 bridgehead atoms.